The molecule has 1 aliphatic rings. The first-order valence-corrected chi connectivity index (χ1v) is 7.21. The highest BCUT2D eigenvalue weighted by molar-refractivity contribution is 9.10. The number of methoxy groups -OCH3 is 2. The van der Waals surface area contributed by atoms with E-state index >= 15 is 0 Å². The zero-order valence-electron chi connectivity index (χ0n) is 11.7. The van der Waals surface area contributed by atoms with Gasteiger partial charge in [-0.1, -0.05) is 28.1 Å². The van der Waals surface area contributed by atoms with Crippen molar-refractivity contribution in [3.05, 3.63) is 58.3 Å². The number of ether oxygens (including phenoxy) is 2. The highest BCUT2D eigenvalue weighted by atomic mass is 79.9. The molecule has 0 aromatic heterocycles. The van der Waals surface area contributed by atoms with E-state index < -0.39 is 0 Å². The van der Waals surface area contributed by atoms with Crippen LogP contribution in [0.4, 0.5) is 5.69 Å². The monoisotopic (exact) mass is 335 g/mol. The maximum atomic E-state index is 5.34. The summed E-state index contributed by atoms with van der Waals surface area (Å²) >= 11 is 3.43. The topological polar surface area (TPSA) is 30.5 Å². The molecular weight excluding hydrogens is 318 g/mol. The molecule has 1 aliphatic carbocycles. The van der Waals surface area contributed by atoms with E-state index in [-0.39, 0.29) is 0 Å². The number of hydrogen-bond acceptors (Lipinski definition) is 3. The fraction of sp³-hybridized carbons (Fsp3) is 0.250. The molecule has 1 aromatic rings. The lowest BCUT2D eigenvalue weighted by Gasteiger charge is -2.11. The molecule has 0 heterocycles. The zero-order valence-corrected chi connectivity index (χ0v) is 13.2. The Labute approximate surface area is 128 Å². The van der Waals surface area contributed by atoms with Crippen LogP contribution in [0.15, 0.2) is 58.3 Å². The number of rotatable bonds is 5. The average molecular weight is 336 g/mol. The van der Waals surface area contributed by atoms with E-state index in [9.17, 15) is 0 Å². The Hall–Kier alpha value is -1.68. The smallest absolute Gasteiger partial charge is 0.143 e. The van der Waals surface area contributed by atoms with Crippen LogP contribution in [-0.4, -0.2) is 20.8 Å². The van der Waals surface area contributed by atoms with Gasteiger partial charge in [-0.3, -0.25) is 0 Å². The van der Waals surface area contributed by atoms with E-state index in [0.717, 1.165) is 34.6 Å². The fourth-order valence-electron chi connectivity index (χ4n) is 1.95. The van der Waals surface area contributed by atoms with Gasteiger partial charge in [0.1, 0.15) is 11.5 Å². The van der Waals surface area contributed by atoms with Gasteiger partial charge in [-0.15, -0.1) is 0 Å². The highest BCUT2D eigenvalue weighted by Crippen LogP contribution is 2.28. The Balaban J connectivity index is 1.94. The third kappa shape index (κ3) is 3.90. The van der Waals surface area contributed by atoms with Crippen LogP contribution < -0.4 is 10.1 Å². The van der Waals surface area contributed by atoms with Crippen LogP contribution in [0.25, 0.3) is 0 Å². The second-order valence-electron chi connectivity index (χ2n) is 4.35. The van der Waals surface area contributed by atoms with Gasteiger partial charge in [0.2, 0.25) is 0 Å². The first kappa shape index (κ1) is 14.7. The average Bonchev–Trinajstić information content (AvgIpc) is 2.49. The van der Waals surface area contributed by atoms with Crippen molar-refractivity contribution in [1.29, 1.82) is 0 Å². The van der Waals surface area contributed by atoms with Crippen LogP contribution >= 0.6 is 15.9 Å². The van der Waals surface area contributed by atoms with E-state index in [0.29, 0.717) is 0 Å². The number of nitrogens with one attached hydrogen (secondary N) is 1. The van der Waals surface area contributed by atoms with Crippen LogP contribution in [0.3, 0.4) is 0 Å². The zero-order chi connectivity index (χ0) is 14.4. The molecule has 2 rings (SSSR count). The number of allylic oxidation sites excluding steroid dienone is 4. The standard InChI is InChI=1S/C16H18BrNO2/c1-19-14-6-3-12(4-7-14)9-10-18-15-8-5-13(17)11-16(15)20-2/h3,5-9,11,18H,4,10H2,1-2H3/b12-9-. The molecule has 0 saturated carbocycles. The molecule has 0 unspecified atom stereocenters. The van der Waals surface area contributed by atoms with Crippen molar-refractivity contribution < 1.29 is 9.47 Å². The Morgan fingerprint density at radius 1 is 1.25 bits per heavy atom. The first-order valence-electron chi connectivity index (χ1n) is 6.41. The largest absolute Gasteiger partial charge is 0.497 e. The molecule has 0 saturated heterocycles. The van der Waals surface area contributed by atoms with Gasteiger partial charge in [-0.2, -0.15) is 0 Å². The number of hydrogen-bond donors (Lipinski definition) is 1. The maximum Gasteiger partial charge on any atom is 0.143 e. The van der Waals surface area contributed by atoms with Crippen molar-refractivity contribution in [2.75, 3.05) is 26.1 Å². The summed E-state index contributed by atoms with van der Waals surface area (Å²) in [6.07, 6.45) is 9.21. The molecule has 3 nitrogen and oxygen atoms in total. The molecule has 4 heteroatoms. The lowest BCUT2D eigenvalue weighted by Crippen LogP contribution is -2.02. The van der Waals surface area contributed by atoms with Gasteiger partial charge in [-0.25, -0.2) is 0 Å². The summed E-state index contributed by atoms with van der Waals surface area (Å²) in [5, 5.41) is 3.36. The van der Waals surface area contributed by atoms with Crippen LogP contribution in [0.1, 0.15) is 6.42 Å². The van der Waals surface area contributed by atoms with E-state index in [1.165, 1.54) is 5.57 Å². The van der Waals surface area contributed by atoms with Crippen LogP contribution in [0, 0.1) is 0 Å². The van der Waals surface area contributed by atoms with Crippen LogP contribution in [0.2, 0.25) is 0 Å². The molecule has 0 radical (unpaired) electrons. The van der Waals surface area contributed by atoms with E-state index in [1.54, 1.807) is 14.2 Å². The minimum Gasteiger partial charge on any atom is -0.497 e. The second kappa shape index (κ2) is 7.20. The molecule has 0 atom stereocenters. The van der Waals surface area contributed by atoms with Gasteiger partial charge in [0.05, 0.1) is 19.9 Å². The summed E-state index contributed by atoms with van der Waals surface area (Å²) < 4.78 is 11.5. The van der Waals surface area contributed by atoms with Crippen molar-refractivity contribution in [3.8, 4) is 5.75 Å². The van der Waals surface area contributed by atoms with Crippen molar-refractivity contribution >= 4 is 21.6 Å². The predicted octanol–water partition coefficient (Wildman–Crippen LogP) is 4.29. The SMILES string of the molecule is COC1=CC/C(=C\CNc2ccc(Br)cc2OC)C=C1. The minimum absolute atomic E-state index is 0.758. The third-order valence-corrected chi connectivity index (χ3v) is 3.55. The molecule has 20 heavy (non-hydrogen) atoms. The van der Waals surface area contributed by atoms with Gasteiger partial charge in [0.25, 0.3) is 0 Å². The Bertz CT molecular complexity index is 562. The Morgan fingerprint density at radius 3 is 2.75 bits per heavy atom. The molecule has 0 bridgehead atoms. The van der Waals surface area contributed by atoms with Gasteiger partial charge >= 0.3 is 0 Å². The molecule has 1 N–H and O–H groups in total. The predicted molar refractivity (Wildman–Crippen MR) is 86.1 cm³/mol. The van der Waals surface area contributed by atoms with E-state index in [1.807, 2.05) is 24.3 Å². The van der Waals surface area contributed by atoms with Crippen molar-refractivity contribution in [1.82, 2.24) is 0 Å². The van der Waals surface area contributed by atoms with Gasteiger partial charge in [0.15, 0.2) is 0 Å². The quantitative estimate of drug-likeness (QED) is 0.870. The fourth-order valence-corrected chi connectivity index (χ4v) is 2.29. The summed E-state index contributed by atoms with van der Waals surface area (Å²) in [7, 11) is 3.36. The Morgan fingerprint density at radius 2 is 2.10 bits per heavy atom. The summed E-state index contributed by atoms with van der Waals surface area (Å²) in [6, 6.07) is 5.94. The number of benzene rings is 1. The second-order valence-corrected chi connectivity index (χ2v) is 5.27. The molecule has 0 spiro atoms. The normalized spacial score (nSPS) is 15.9. The van der Waals surface area contributed by atoms with Gasteiger partial charge in [0, 0.05) is 11.0 Å². The molecule has 0 fully saturated rings. The molecule has 0 aliphatic heterocycles. The van der Waals surface area contributed by atoms with E-state index in [2.05, 4.69) is 39.5 Å². The third-order valence-electron chi connectivity index (χ3n) is 3.06. The van der Waals surface area contributed by atoms with E-state index in [4.69, 9.17) is 9.47 Å². The lowest BCUT2D eigenvalue weighted by atomic mass is 10.1. The van der Waals surface area contributed by atoms with Crippen molar-refractivity contribution in [3.63, 3.8) is 0 Å². The summed E-state index contributed by atoms with van der Waals surface area (Å²) in [5.41, 5.74) is 2.26. The molecular formula is C16H18BrNO2. The maximum absolute atomic E-state index is 5.34. The first-order chi connectivity index (χ1) is 9.72. The minimum atomic E-state index is 0.758. The van der Waals surface area contributed by atoms with Crippen molar-refractivity contribution in [2.24, 2.45) is 0 Å². The number of halogens is 1. The van der Waals surface area contributed by atoms with Crippen LogP contribution in [0.5, 0.6) is 5.75 Å². The molecule has 1 aromatic carbocycles. The summed E-state index contributed by atoms with van der Waals surface area (Å²) in [5.74, 6) is 1.75. The number of anilines is 1. The summed E-state index contributed by atoms with van der Waals surface area (Å²) in [4.78, 5) is 0. The molecule has 106 valence electrons. The van der Waals surface area contributed by atoms with Gasteiger partial charge < -0.3 is 14.8 Å². The summed E-state index contributed by atoms with van der Waals surface area (Å²) in [6.45, 7) is 0.758. The lowest BCUT2D eigenvalue weighted by molar-refractivity contribution is 0.304. The van der Waals surface area contributed by atoms with Crippen molar-refractivity contribution in [2.45, 2.75) is 6.42 Å². The highest BCUT2D eigenvalue weighted by Gasteiger charge is 2.03. The Kier molecular flexibility index (Phi) is 5.30. The molecule has 0 amide bonds. The van der Waals surface area contributed by atoms with Crippen LogP contribution in [-0.2, 0) is 4.74 Å². The van der Waals surface area contributed by atoms with Gasteiger partial charge in [-0.05, 0) is 42.3 Å².